The first-order chi connectivity index (χ1) is 12.8. The molecule has 3 aliphatic rings. The summed E-state index contributed by atoms with van der Waals surface area (Å²) in [6.07, 6.45) is 3.00. The fraction of sp³-hybridized carbons (Fsp3) is 0.632. The number of hydrogen-bond acceptors (Lipinski definition) is 4. The normalized spacial score (nSPS) is 27.3. The monoisotopic (exact) mass is 396 g/mol. The van der Waals surface area contributed by atoms with Crippen molar-refractivity contribution in [2.45, 2.75) is 43.0 Å². The van der Waals surface area contributed by atoms with Gasteiger partial charge in [0.25, 0.3) is 0 Å². The zero-order chi connectivity index (χ0) is 19.2. The largest absolute Gasteiger partial charge is 0.379 e. The fourth-order valence-corrected chi connectivity index (χ4v) is 5.52. The minimum atomic E-state index is -3.89. The Kier molecular flexibility index (Phi) is 4.76. The predicted octanol–water partition coefficient (Wildman–Crippen LogP) is 1.93. The molecule has 4 rings (SSSR count). The van der Waals surface area contributed by atoms with Gasteiger partial charge in [-0.05, 0) is 49.8 Å². The van der Waals surface area contributed by atoms with Gasteiger partial charge in [-0.3, -0.25) is 4.79 Å². The Morgan fingerprint density at radius 1 is 1.33 bits per heavy atom. The number of rotatable bonds is 4. The molecule has 1 unspecified atom stereocenters. The van der Waals surface area contributed by atoms with Gasteiger partial charge in [0.2, 0.25) is 15.9 Å². The molecular weight excluding hydrogens is 371 g/mol. The smallest absolute Gasteiger partial charge is 0.243 e. The van der Waals surface area contributed by atoms with E-state index >= 15 is 0 Å². The number of hydrogen-bond donors (Lipinski definition) is 0. The zero-order valence-corrected chi connectivity index (χ0v) is 16.3. The SMILES string of the molecule is Cc1ccc(S(=O)(=O)N2CCC(=O)N(CC3CC3)C3(CCOC3)C2)cc1F. The number of ether oxygens (including phenoxy) is 1. The van der Waals surface area contributed by atoms with E-state index in [9.17, 15) is 17.6 Å². The Labute approximate surface area is 159 Å². The maximum Gasteiger partial charge on any atom is 0.243 e. The average Bonchev–Trinajstić information content (AvgIpc) is 3.36. The predicted molar refractivity (Wildman–Crippen MR) is 97.1 cm³/mol. The van der Waals surface area contributed by atoms with Crippen LogP contribution in [0.3, 0.4) is 0 Å². The lowest BCUT2D eigenvalue weighted by Crippen LogP contribution is -2.57. The quantitative estimate of drug-likeness (QED) is 0.780. The van der Waals surface area contributed by atoms with E-state index in [4.69, 9.17) is 4.74 Å². The molecule has 8 heteroatoms. The zero-order valence-electron chi connectivity index (χ0n) is 15.5. The van der Waals surface area contributed by atoms with E-state index in [-0.39, 0.29) is 30.3 Å². The van der Waals surface area contributed by atoms with Crippen LogP contribution >= 0.6 is 0 Å². The van der Waals surface area contributed by atoms with E-state index in [0.29, 0.717) is 37.7 Å². The van der Waals surface area contributed by atoms with Gasteiger partial charge in [0.15, 0.2) is 0 Å². The number of halogens is 1. The molecule has 0 radical (unpaired) electrons. The molecule has 0 aromatic heterocycles. The lowest BCUT2D eigenvalue weighted by Gasteiger charge is -2.40. The molecule has 1 saturated carbocycles. The fourth-order valence-electron chi connectivity index (χ4n) is 3.99. The molecule has 6 nitrogen and oxygen atoms in total. The maximum atomic E-state index is 14.0. The maximum absolute atomic E-state index is 14.0. The highest BCUT2D eigenvalue weighted by molar-refractivity contribution is 7.89. The van der Waals surface area contributed by atoms with Gasteiger partial charge < -0.3 is 9.64 Å². The Morgan fingerprint density at radius 3 is 2.74 bits per heavy atom. The minimum Gasteiger partial charge on any atom is -0.379 e. The summed E-state index contributed by atoms with van der Waals surface area (Å²) in [5.41, 5.74) is -0.219. The van der Waals surface area contributed by atoms with Gasteiger partial charge in [0, 0.05) is 32.7 Å². The van der Waals surface area contributed by atoms with Gasteiger partial charge in [-0.2, -0.15) is 4.31 Å². The van der Waals surface area contributed by atoms with E-state index in [1.165, 1.54) is 16.4 Å². The Morgan fingerprint density at radius 2 is 2.11 bits per heavy atom. The summed E-state index contributed by atoms with van der Waals surface area (Å²) < 4.78 is 47.3. The molecule has 3 fully saturated rings. The van der Waals surface area contributed by atoms with Crippen molar-refractivity contribution in [3.8, 4) is 0 Å². The molecular formula is C19H25FN2O4S. The molecule has 1 spiro atoms. The van der Waals surface area contributed by atoms with Crippen LogP contribution in [0.5, 0.6) is 0 Å². The summed E-state index contributed by atoms with van der Waals surface area (Å²) in [5.74, 6) is -0.0443. The van der Waals surface area contributed by atoms with Crippen LogP contribution in [0.25, 0.3) is 0 Å². The van der Waals surface area contributed by atoms with Crippen LogP contribution < -0.4 is 0 Å². The van der Waals surface area contributed by atoms with E-state index in [1.807, 2.05) is 4.90 Å². The van der Waals surface area contributed by atoms with Crippen molar-refractivity contribution in [1.29, 1.82) is 0 Å². The molecule has 1 atom stereocenters. The van der Waals surface area contributed by atoms with Gasteiger partial charge in [-0.1, -0.05) is 6.07 Å². The molecule has 1 aromatic carbocycles. The molecule has 2 heterocycles. The van der Waals surface area contributed by atoms with Crippen LogP contribution in [0, 0.1) is 18.7 Å². The summed E-state index contributed by atoms with van der Waals surface area (Å²) in [6, 6.07) is 3.97. The third kappa shape index (κ3) is 3.50. The number of benzene rings is 1. The number of aryl methyl sites for hydroxylation is 1. The van der Waals surface area contributed by atoms with Crippen LogP contribution in [0.1, 0.15) is 31.2 Å². The second kappa shape index (κ2) is 6.83. The van der Waals surface area contributed by atoms with Crippen molar-refractivity contribution in [3.05, 3.63) is 29.6 Å². The number of amides is 1. The van der Waals surface area contributed by atoms with E-state index in [2.05, 4.69) is 0 Å². The highest BCUT2D eigenvalue weighted by Gasteiger charge is 2.49. The van der Waals surface area contributed by atoms with Crippen LogP contribution in [0.2, 0.25) is 0 Å². The third-order valence-electron chi connectivity index (χ3n) is 5.92. The van der Waals surface area contributed by atoms with Crippen molar-refractivity contribution >= 4 is 15.9 Å². The van der Waals surface area contributed by atoms with Gasteiger partial charge in [-0.25, -0.2) is 12.8 Å². The van der Waals surface area contributed by atoms with Gasteiger partial charge >= 0.3 is 0 Å². The molecule has 2 saturated heterocycles. The number of carbonyl (C=O) groups is 1. The van der Waals surface area contributed by atoms with Gasteiger partial charge in [-0.15, -0.1) is 0 Å². The first-order valence-corrected chi connectivity index (χ1v) is 10.9. The summed E-state index contributed by atoms with van der Waals surface area (Å²) in [4.78, 5) is 14.6. The van der Waals surface area contributed by atoms with Crippen molar-refractivity contribution in [2.75, 3.05) is 32.8 Å². The van der Waals surface area contributed by atoms with Crippen molar-refractivity contribution in [1.82, 2.24) is 9.21 Å². The Balaban J connectivity index is 1.67. The van der Waals surface area contributed by atoms with Crippen molar-refractivity contribution in [3.63, 3.8) is 0 Å². The topological polar surface area (TPSA) is 66.9 Å². The van der Waals surface area contributed by atoms with E-state index in [1.54, 1.807) is 6.92 Å². The molecule has 1 amide bonds. The van der Waals surface area contributed by atoms with Gasteiger partial charge in [0.1, 0.15) is 5.82 Å². The van der Waals surface area contributed by atoms with E-state index < -0.39 is 21.4 Å². The molecule has 27 heavy (non-hydrogen) atoms. The summed E-state index contributed by atoms with van der Waals surface area (Å²) >= 11 is 0. The summed E-state index contributed by atoms with van der Waals surface area (Å²) in [5, 5.41) is 0. The second-order valence-electron chi connectivity index (χ2n) is 7.97. The van der Waals surface area contributed by atoms with Crippen molar-refractivity contribution < 1.29 is 22.3 Å². The summed E-state index contributed by atoms with van der Waals surface area (Å²) in [7, 11) is -3.89. The highest BCUT2D eigenvalue weighted by atomic mass is 32.2. The van der Waals surface area contributed by atoms with Crippen LogP contribution in [0.4, 0.5) is 4.39 Å². The molecule has 1 aromatic rings. The number of sulfonamides is 1. The lowest BCUT2D eigenvalue weighted by molar-refractivity contribution is -0.136. The van der Waals surface area contributed by atoms with Crippen LogP contribution in [-0.4, -0.2) is 61.9 Å². The van der Waals surface area contributed by atoms with Crippen LogP contribution in [-0.2, 0) is 19.6 Å². The Bertz CT molecular complexity index is 847. The average molecular weight is 396 g/mol. The van der Waals surface area contributed by atoms with E-state index in [0.717, 1.165) is 18.9 Å². The molecule has 148 valence electrons. The lowest BCUT2D eigenvalue weighted by atomic mass is 9.95. The summed E-state index contributed by atoms with van der Waals surface area (Å²) in [6.45, 7) is 3.44. The molecule has 1 aliphatic carbocycles. The molecule has 0 N–H and O–H groups in total. The first kappa shape index (κ1) is 18.8. The van der Waals surface area contributed by atoms with Crippen LogP contribution in [0.15, 0.2) is 23.1 Å². The minimum absolute atomic E-state index is 0.0137. The number of nitrogens with zero attached hydrogens (tertiary/aromatic N) is 2. The third-order valence-corrected chi connectivity index (χ3v) is 7.76. The molecule has 0 bridgehead atoms. The van der Waals surface area contributed by atoms with Gasteiger partial charge in [0.05, 0.1) is 17.0 Å². The second-order valence-corrected chi connectivity index (χ2v) is 9.91. The number of carbonyl (C=O) groups excluding carboxylic acids is 1. The Hall–Kier alpha value is -1.51. The van der Waals surface area contributed by atoms with Crippen molar-refractivity contribution in [2.24, 2.45) is 5.92 Å². The molecule has 2 aliphatic heterocycles. The standard InChI is InChI=1S/C19H25FN2O4S/c1-14-2-5-16(10-17(14)20)27(24,25)21-8-6-18(23)22(11-15-3-4-15)19(12-21)7-9-26-13-19/h2,5,10,15H,3-4,6-9,11-13H2,1H3. The highest BCUT2D eigenvalue weighted by Crippen LogP contribution is 2.37. The first-order valence-electron chi connectivity index (χ1n) is 9.46.